The Bertz CT molecular complexity index is 265. The maximum Gasteiger partial charge on any atom is 0.326 e. The second-order valence-electron chi connectivity index (χ2n) is 5.03. The molecule has 2 atom stereocenters. The maximum atomic E-state index is 11.9. The second kappa shape index (κ2) is 4.72. The second-order valence-corrected chi connectivity index (χ2v) is 5.03. The van der Waals surface area contributed by atoms with E-state index in [9.17, 15) is 4.79 Å². The van der Waals surface area contributed by atoms with Crippen molar-refractivity contribution in [1.29, 1.82) is 0 Å². The van der Waals surface area contributed by atoms with Crippen LogP contribution in [-0.4, -0.2) is 37.9 Å². The van der Waals surface area contributed by atoms with Gasteiger partial charge in [0.25, 0.3) is 0 Å². The number of nitrogens with one attached hydrogen (secondary N) is 1. The molecule has 0 aromatic heterocycles. The summed E-state index contributed by atoms with van der Waals surface area (Å²) in [6, 6.07) is 0. The number of esters is 1. The highest BCUT2D eigenvalue weighted by Crippen LogP contribution is 2.31. The van der Waals surface area contributed by atoms with Crippen LogP contribution in [0.15, 0.2) is 0 Å². The molecular weight excluding hydrogens is 206 g/mol. The van der Waals surface area contributed by atoms with Crippen LogP contribution in [0.2, 0.25) is 0 Å². The topological polar surface area (TPSA) is 47.6 Å². The van der Waals surface area contributed by atoms with Crippen molar-refractivity contribution in [2.45, 2.75) is 44.2 Å². The summed E-state index contributed by atoms with van der Waals surface area (Å²) in [7, 11) is 1.46. The van der Waals surface area contributed by atoms with E-state index in [4.69, 9.17) is 9.47 Å². The van der Waals surface area contributed by atoms with E-state index >= 15 is 0 Å². The SMILES string of the molecule is COC(=O)C1(NCC2CC2)CCOC(C)C1. The van der Waals surface area contributed by atoms with Crippen molar-refractivity contribution < 1.29 is 14.3 Å². The van der Waals surface area contributed by atoms with Crippen LogP contribution in [0.25, 0.3) is 0 Å². The average molecular weight is 227 g/mol. The highest BCUT2D eigenvalue weighted by atomic mass is 16.5. The molecule has 16 heavy (non-hydrogen) atoms. The summed E-state index contributed by atoms with van der Waals surface area (Å²) in [5, 5.41) is 3.42. The quantitative estimate of drug-likeness (QED) is 0.731. The van der Waals surface area contributed by atoms with Gasteiger partial charge in [-0.2, -0.15) is 0 Å². The molecule has 2 unspecified atom stereocenters. The summed E-state index contributed by atoms with van der Waals surface area (Å²) >= 11 is 0. The Morgan fingerprint density at radius 2 is 2.31 bits per heavy atom. The Morgan fingerprint density at radius 3 is 2.88 bits per heavy atom. The standard InChI is InChI=1S/C12H21NO3/c1-9-7-12(5-6-16-9,11(14)15-2)13-8-10-3-4-10/h9-10,13H,3-8H2,1-2H3. The molecule has 0 aromatic carbocycles. The lowest BCUT2D eigenvalue weighted by Crippen LogP contribution is -2.58. The lowest BCUT2D eigenvalue weighted by molar-refractivity contribution is -0.155. The summed E-state index contributed by atoms with van der Waals surface area (Å²) in [4.78, 5) is 11.9. The van der Waals surface area contributed by atoms with E-state index in [1.807, 2.05) is 6.92 Å². The predicted molar refractivity (Wildman–Crippen MR) is 60.1 cm³/mol. The van der Waals surface area contributed by atoms with Gasteiger partial charge in [0.2, 0.25) is 0 Å². The van der Waals surface area contributed by atoms with Crippen molar-refractivity contribution in [3.05, 3.63) is 0 Å². The number of ether oxygens (including phenoxy) is 2. The molecule has 0 amide bonds. The molecule has 92 valence electrons. The highest BCUT2D eigenvalue weighted by Gasteiger charge is 2.43. The summed E-state index contributed by atoms with van der Waals surface area (Å²) in [6.45, 7) is 3.57. The number of rotatable bonds is 4. The van der Waals surface area contributed by atoms with Crippen molar-refractivity contribution >= 4 is 5.97 Å². The fourth-order valence-electron chi connectivity index (χ4n) is 2.36. The molecule has 1 N–H and O–H groups in total. The minimum atomic E-state index is -0.505. The molecule has 1 saturated heterocycles. The molecule has 4 nitrogen and oxygen atoms in total. The molecule has 2 fully saturated rings. The van der Waals surface area contributed by atoms with Gasteiger partial charge in [-0.1, -0.05) is 0 Å². The number of methoxy groups -OCH3 is 1. The largest absolute Gasteiger partial charge is 0.468 e. The van der Waals surface area contributed by atoms with Crippen LogP contribution in [0, 0.1) is 5.92 Å². The Hall–Kier alpha value is -0.610. The first-order valence-electron chi connectivity index (χ1n) is 6.11. The first kappa shape index (κ1) is 11.9. The third-order valence-corrected chi connectivity index (χ3v) is 3.57. The number of hydrogen-bond donors (Lipinski definition) is 1. The zero-order valence-corrected chi connectivity index (χ0v) is 10.1. The van der Waals surface area contributed by atoms with Crippen LogP contribution in [0.3, 0.4) is 0 Å². The first-order chi connectivity index (χ1) is 7.66. The van der Waals surface area contributed by atoms with Gasteiger partial charge >= 0.3 is 5.97 Å². The van der Waals surface area contributed by atoms with Crippen LogP contribution in [-0.2, 0) is 14.3 Å². The smallest absolute Gasteiger partial charge is 0.326 e. The minimum absolute atomic E-state index is 0.125. The predicted octanol–water partition coefficient (Wildman–Crippen LogP) is 1.10. The summed E-state index contributed by atoms with van der Waals surface area (Å²) in [6.07, 6.45) is 4.13. The van der Waals surface area contributed by atoms with Crippen molar-refractivity contribution in [2.75, 3.05) is 20.3 Å². The Labute approximate surface area is 96.7 Å². The van der Waals surface area contributed by atoms with Gasteiger partial charge in [0.15, 0.2) is 0 Å². The molecule has 4 heteroatoms. The molecule has 1 saturated carbocycles. The fraction of sp³-hybridized carbons (Fsp3) is 0.917. The molecule has 1 heterocycles. The molecule has 0 bridgehead atoms. The van der Waals surface area contributed by atoms with Gasteiger partial charge < -0.3 is 14.8 Å². The van der Waals surface area contributed by atoms with E-state index in [0.717, 1.165) is 18.9 Å². The fourth-order valence-corrected chi connectivity index (χ4v) is 2.36. The van der Waals surface area contributed by atoms with Gasteiger partial charge in [-0.3, -0.25) is 4.79 Å². The van der Waals surface area contributed by atoms with Gasteiger partial charge in [0, 0.05) is 13.0 Å². The summed E-state index contributed by atoms with van der Waals surface area (Å²) < 4.78 is 10.4. The van der Waals surface area contributed by atoms with Crippen molar-refractivity contribution in [3.8, 4) is 0 Å². The monoisotopic (exact) mass is 227 g/mol. The number of carbonyl (C=O) groups excluding carboxylic acids is 1. The molecule has 2 aliphatic rings. The Balaban J connectivity index is 2.00. The maximum absolute atomic E-state index is 11.9. The zero-order chi connectivity index (χ0) is 11.6. The minimum Gasteiger partial charge on any atom is -0.468 e. The lowest BCUT2D eigenvalue weighted by Gasteiger charge is -2.38. The average Bonchev–Trinajstić information content (AvgIpc) is 3.09. The van der Waals surface area contributed by atoms with Crippen LogP contribution in [0.5, 0.6) is 0 Å². The molecule has 2 rings (SSSR count). The molecule has 1 aliphatic carbocycles. The van der Waals surface area contributed by atoms with Gasteiger partial charge in [-0.15, -0.1) is 0 Å². The number of hydrogen-bond acceptors (Lipinski definition) is 4. The molecule has 1 aliphatic heterocycles. The zero-order valence-electron chi connectivity index (χ0n) is 10.1. The van der Waals surface area contributed by atoms with Crippen LogP contribution in [0.4, 0.5) is 0 Å². The molecule has 0 spiro atoms. The third kappa shape index (κ3) is 2.55. The van der Waals surface area contributed by atoms with E-state index < -0.39 is 5.54 Å². The van der Waals surface area contributed by atoms with E-state index in [-0.39, 0.29) is 12.1 Å². The van der Waals surface area contributed by atoms with E-state index in [1.165, 1.54) is 20.0 Å². The van der Waals surface area contributed by atoms with Crippen molar-refractivity contribution in [1.82, 2.24) is 5.32 Å². The Morgan fingerprint density at radius 1 is 1.56 bits per heavy atom. The van der Waals surface area contributed by atoms with E-state index in [0.29, 0.717) is 13.0 Å². The molecular formula is C12H21NO3. The molecule has 0 aromatic rings. The van der Waals surface area contributed by atoms with Gasteiger partial charge in [-0.05, 0) is 38.6 Å². The summed E-state index contributed by atoms with van der Waals surface area (Å²) in [5.41, 5.74) is -0.505. The van der Waals surface area contributed by atoms with Crippen LogP contribution < -0.4 is 5.32 Å². The van der Waals surface area contributed by atoms with Crippen LogP contribution >= 0.6 is 0 Å². The third-order valence-electron chi connectivity index (χ3n) is 3.57. The van der Waals surface area contributed by atoms with E-state index in [1.54, 1.807) is 0 Å². The van der Waals surface area contributed by atoms with Crippen molar-refractivity contribution in [2.24, 2.45) is 5.92 Å². The van der Waals surface area contributed by atoms with Crippen LogP contribution in [0.1, 0.15) is 32.6 Å². The van der Waals surface area contributed by atoms with Gasteiger partial charge in [0.1, 0.15) is 5.54 Å². The normalized spacial score (nSPS) is 34.8. The van der Waals surface area contributed by atoms with Crippen molar-refractivity contribution in [3.63, 3.8) is 0 Å². The van der Waals surface area contributed by atoms with Gasteiger partial charge in [0.05, 0.1) is 13.2 Å². The molecule has 0 radical (unpaired) electrons. The summed E-state index contributed by atoms with van der Waals surface area (Å²) in [5.74, 6) is 0.628. The highest BCUT2D eigenvalue weighted by molar-refractivity contribution is 5.81. The first-order valence-corrected chi connectivity index (χ1v) is 6.11. The number of carbonyl (C=O) groups is 1. The van der Waals surface area contributed by atoms with E-state index in [2.05, 4.69) is 5.32 Å². The Kier molecular flexibility index (Phi) is 3.50. The lowest BCUT2D eigenvalue weighted by atomic mass is 9.86. The van der Waals surface area contributed by atoms with Gasteiger partial charge in [-0.25, -0.2) is 0 Å².